The van der Waals surface area contributed by atoms with Crippen LogP contribution in [0.4, 0.5) is 0 Å². The lowest BCUT2D eigenvalue weighted by molar-refractivity contribution is -0.122. The molecule has 1 N–H and O–H groups in total. The number of halogens is 1. The molecular formula is C14H28ClNO. The molecule has 0 aliphatic rings. The van der Waals surface area contributed by atoms with E-state index < -0.39 is 0 Å². The van der Waals surface area contributed by atoms with Crippen molar-refractivity contribution in [2.75, 3.05) is 12.4 Å². The van der Waals surface area contributed by atoms with Crippen LogP contribution in [-0.2, 0) is 4.79 Å². The summed E-state index contributed by atoms with van der Waals surface area (Å²) in [6.07, 6.45) is 2.66. The van der Waals surface area contributed by atoms with Gasteiger partial charge in [0.1, 0.15) is 0 Å². The molecule has 0 rings (SSSR count). The number of amides is 1. The highest BCUT2D eigenvalue weighted by Gasteiger charge is 2.22. The topological polar surface area (TPSA) is 29.1 Å². The normalized spacial score (nSPS) is 15.4. The average Bonchev–Trinajstić information content (AvgIpc) is 2.22. The molecule has 2 nitrogen and oxygen atoms in total. The molecule has 3 heteroatoms. The molecule has 0 saturated heterocycles. The van der Waals surface area contributed by atoms with Crippen molar-refractivity contribution in [2.45, 2.75) is 53.9 Å². The molecule has 0 fully saturated rings. The molecule has 0 bridgehead atoms. The van der Waals surface area contributed by atoms with E-state index in [0.29, 0.717) is 24.1 Å². The number of nitrogens with one attached hydrogen (secondary N) is 1. The molecule has 2 atom stereocenters. The van der Waals surface area contributed by atoms with Gasteiger partial charge in [-0.3, -0.25) is 4.79 Å². The Hall–Kier alpha value is -0.240. The van der Waals surface area contributed by atoms with E-state index in [-0.39, 0.29) is 11.3 Å². The van der Waals surface area contributed by atoms with Crippen LogP contribution in [0.5, 0.6) is 0 Å². The average molecular weight is 262 g/mol. The zero-order valence-electron chi connectivity index (χ0n) is 12.0. The predicted octanol–water partition coefficient (Wildman–Crippen LogP) is 3.83. The van der Waals surface area contributed by atoms with Crippen molar-refractivity contribution in [3.63, 3.8) is 0 Å². The summed E-state index contributed by atoms with van der Waals surface area (Å²) < 4.78 is 0. The summed E-state index contributed by atoms with van der Waals surface area (Å²) in [6, 6.07) is 0. The molecule has 0 aliphatic heterocycles. The molecule has 0 aromatic heterocycles. The van der Waals surface area contributed by atoms with Crippen LogP contribution in [0.25, 0.3) is 0 Å². The number of rotatable bonds is 7. The zero-order chi connectivity index (χ0) is 13.5. The van der Waals surface area contributed by atoms with Crippen LogP contribution in [0, 0.1) is 17.3 Å². The number of hydrogen-bond acceptors (Lipinski definition) is 1. The Morgan fingerprint density at radius 2 is 1.94 bits per heavy atom. The van der Waals surface area contributed by atoms with Gasteiger partial charge in [0, 0.05) is 18.8 Å². The lowest BCUT2D eigenvalue weighted by Crippen LogP contribution is -2.32. The molecule has 0 saturated carbocycles. The van der Waals surface area contributed by atoms with Crippen molar-refractivity contribution in [3.8, 4) is 0 Å². The van der Waals surface area contributed by atoms with Crippen LogP contribution in [0.2, 0.25) is 0 Å². The van der Waals surface area contributed by atoms with E-state index in [0.717, 1.165) is 19.4 Å². The Morgan fingerprint density at radius 1 is 1.35 bits per heavy atom. The summed E-state index contributed by atoms with van der Waals surface area (Å²) in [7, 11) is 0. The van der Waals surface area contributed by atoms with E-state index in [9.17, 15) is 4.79 Å². The monoisotopic (exact) mass is 261 g/mol. The van der Waals surface area contributed by atoms with E-state index in [2.05, 4.69) is 39.9 Å². The van der Waals surface area contributed by atoms with Crippen molar-refractivity contribution in [3.05, 3.63) is 0 Å². The number of alkyl halides is 1. The van der Waals surface area contributed by atoms with Crippen molar-refractivity contribution in [1.29, 1.82) is 0 Å². The summed E-state index contributed by atoms with van der Waals surface area (Å²) in [5.41, 5.74) is 0.192. The largest absolute Gasteiger partial charge is 0.356 e. The third kappa shape index (κ3) is 7.64. The van der Waals surface area contributed by atoms with Gasteiger partial charge in [-0.1, -0.05) is 41.0 Å². The summed E-state index contributed by atoms with van der Waals surface area (Å²) >= 11 is 5.72. The molecule has 0 aromatic rings. The van der Waals surface area contributed by atoms with Gasteiger partial charge < -0.3 is 5.32 Å². The van der Waals surface area contributed by atoms with Gasteiger partial charge in [0.25, 0.3) is 0 Å². The summed E-state index contributed by atoms with van der Waals surface area (Å²) in [5, 5.41) is 3.02. The Bertz CT molecular complexity index is 223. The molecule has 0 aromatic carbocycles. The van der Waals surface area contributed by atoms with Gasteiger partial charge in [-0.15, -0.1) is 11.6 Å². The first-order valence-corrected chi connectivity index (χ1v) is 7.17. The maximum atomic E-state index is 11.8. The van der Waals surface area contributed by atoms with Crippen LogP contribution in [-0.4, -0.2) is 18.3 Å². The van der Waals surface area contributed by atoms with Gasteiger partial charge >= 0.3 is 0 Å². The second-order valence-corrected chi connectivity index (χ2v) is 6.41. The highest BCUT2D eigenvalue weighted by Crippen LogP contribution is 2.27. The maximum Gasteiger partial charge on any atom is 0.220 e. The maximum absolute atomic E-state index is 11.8. The minimum atomic E-state index is 0.167. The van der Waals surface area contributed by atoms with Gasteiger partial charge in [-0.05, 0) is 23.7 Å². The van der Waals surface area contributed by atoms with Gasteiger partial charge in [0.15, 0.2) is 0 Å². The van der Waals surface area contributed by atoms with Crippen LogP contribution in [0.1, 0.15) is 53.9 Å². The summed E-state index contributed by atoms with van der Waals surface area (Å²) in [5.74, 6) is 1.75. The minimum absolute atomic E-state index is 0.167. The Kier molecular flexibility index (Phi) is 7.85. The third-order valence-corrected chi connectivity index (χ3v) is 3.87. The highest BCUT2D eigenvalue weighted by molar-refractivity contribution is 6.17. The lowest BCUT2D eigenvalue weighted by Gasteiger charge is -2.27. The molecule has 0 radical (unpaired) electrons. The second kappa shape index (κ2) is 7.97. The minimum Gasteiger partial charge on any atom is -0.356 e. The van der Waals surface area contributed by atoms with Crippen molar-refractivity contribution in [2.24, 2.45) is 17.3 Å². The Morgan fingerprint density at radius 3 is 2.35 bits per heavy atom. The van der Waals surface area contributed by atoms with E-state index in [1.165, 1.54) is 0 Å². The molecule has 17 heavy (non-hydrogen) atoms. The standard InChI is InChI=1S/C14H28ClNO/c1-6-12(7-8-15)10-16-13(17)9-11(2)14(3,4)5/h11-12H,6-10H2,1-5H3,(H,16,17). The Labute approximate surface area is 111 Å². The van der Waals surface area contributed by atoms with Crippen molar-refractivity contribution in [1.82, 2.24) is 5.32 Å². The third-order valence-electron chi connectivity index (χ3n) is 3.65. The smallest absolute Gasteiger partial charge is 0.220 e. The van der Waals surface area contributed by atoms with Gasteiger partial charge in [0.05, 0.1) is 0 Å². The molecule has 102 valence electrons. The fraction of sp³-hybridized carbons (Fsp3) is 0.929. The SMILES string of the molecule is CCC(CCCl)CNC(=O)CC(C)C(C)(C)C. The first-order valence-electron chi connectivity index (χ1n) is 6.63. The van der Waals surface area contributed by atoms with Gasteiger partial charge in [0.2, 0.25) is 5.91 Å². The molecule has 0 heterocycles. The second-order valence-electron chi connectivity index (χ2n) is 6.03. The quantitative estimate of drug-likeness (QED) is 0.694. The molecule has 0 spiro atoms. The molecule has 0 aliphatic carbocycles. The highest BCUT2D eigenvalue weighted by atomic mass is 35.5. The number of carbonyl (C=O) groups excluding carboxylic acids is 1. The fourth-order valence-corrected chi connectivity index (χ4v) is 1.83. The van der Waals surface area contributed by atoms with Gasteiger partial charge in [-0.2, -0.15) is 0 Å². The van der Waals surface area contributed by atoms with Crippen molar-refractivity contribution < 1.29 is 4.79 Å². The summed E-state index contributed by atoms with van der Waals surface area (Å²) in [6.45, 7) is 11.6. The lowest BCUT2D eigenvalue weighted by atomic mass is 9.80. The molecular weight excluding hydrogens is 234 g/mol. The zero-order valence-corrected chi connectivity index (χ0v) is 12.7. The number of hydrogen-bond donors (Lipinski definition) is 1. The molecule has 1 amide bonds. The Balaban J connectivity index is 3.94. The van der Waals surface area contributed by atoms with E-state index in [1.54, 1.807) is 0 Å². The van der Waals surface area contributed by atoms with Crippen LogP contribution >= 0.6 is 11.6 Å². The summed E-state index contributed by atoms with van der Waals surface area (Å²) in [4.78, 5) is 11.8. The van der Waals surface area contributed by atoms with Crippen LogP contribution in [0.15, 0.2) is 0 Å². The first-order chi connectivity index (χ1) is 7.81. The van der Waals surface area contributed by atoms with Crippen LogP contribution in [0.3, 0.4) is 0 Å². The first kappa shape index (κ1) is 16.8. The fourth-order valence-electron chi connectivity index (χ4n) is 1.52. The van der Waals surface area contributed by atoms with E-state index >= 15 is 0 Å². The number of carbonyl (C=O) groups is 1. The van der Waals surface area contributed by atoms with Gasteiger partial charge in [-0.25, -0.2) is 0 Å². The van der Waals surface area contributed by atoms with Crippen LogP contribution < -0.4 is 5.32 Å². The van der Waals surface area contributed by atoms with E-state index in [4.69, 9.17) is 11.6 Å². The molecule has 2 unspecified atom stereocenters. The van der Waals surface area contributed by atoms with E-state index in [1.807, 2.05) is 0 Å². The van der Waals surface area contributed by atoms with Crippen molar-refractivity contribution >= 4 is 17.5 Å². The predicted molar refractivity (Wildman–Crippen MR) is 75.4 cm³/mol.